The van der Waals surface area contributed by atoms with Crippen LogP contribution in [0.1, 0.15) is 16.9 Å². The highest BCUT2D eigenvalue weighted by Gasteiger charge is 2.29. The number of ether oxygens (including phenoxy) is 1. The molecular formula is C16H17ClN6O4. The highest BCUT2D eigenvalue weighted by molar-refractivity contribution is 6.31. The summed E-state index contributed by atoms with van der Waals surface area (Å²) >= 11 is 5.91. The molecule has 11 heteroatoms. The predicted molar refractivity (Wildman–Crippen MR) is 96.9 cm³/mol. The molecular weight excluding hydrogens is 376 g/mol. The number of nitrogens with zero attached hydrogens (tertiary/aromatic N) is 4. The number of aromatic nitrogens is 3. The van der Waals surface area contributed by atoms with Gasteiger partial charge < -0.3 is 19.4 Å². The number of rotatable bonds is 6. The average molecular weight is 393 g/mol. The number of hydrogen-bond donors (Lipinski definition) is 2. The minimum atomic E-state index is -0.473. The predicted octanol–water partition coefficient (Wildman–Crippen LogP) is 1.58. The minimum absolute atomic E-state index is 0.0355. The first-order valence-electron chi connectivity index (χ1n) is 8.01. The number of halogens is 1. The Hall–Kier alpha value is -3.14. The van der Waals surface area contributed by atoms with Crippen LogP contribution in [0, 0.1) is 0 Å². The topological polar surface area (TPSA) is 122 Å². The Labute approximate surface area is 159 Å². The molecule has 1 atom stereocenters. The van der Waals surface area contributed by atoms with Gasteiger partial charge in [0.15, 0.2) is 5.69 Å². The van der Waals surface area contributed by atoms with E-state index in [4.69, 9.17) is 20.8 Å². The van der Waals surface area contributed by atoms with Gasteiger partial charge in [-0.25, -0.2) is 4.98 Å². The highest BCUT2D eigenvalue weighted by Crippen LogP contribution is 2.23. The molecule has 0 aromatic carbocycles. The number of nitrogens with one attached hydrogen (secondary N) is 2. The Morgan fingerprint density at radius 3 is 3.04 bits per heavy atom. The third-order valence-electron chi connectivity index (χ3n) is 3.85. The Bertz CT molecular complexity index is 870. The summed E-state index contributed by atoms with van der Waals surface area (Å²) in [6, 6.07) is -0.0922. The SMILES string of the molecule is C=CC(=O)Nc1nc(C(=O)N2CC[C@@H](Nc3ncc(Cl)c(OC)n3)C2)co1. The molecule has 2 N–H and O–H groups in total. The van der Waals surface area contributed by atoms with Crippen molar-refractivity contribution in [2.24, 2.45) is 0 Å². The molecule has 3 heterocycles. The zero-order chi connectivity index (χ0) is 19.4. The molecule has 2 amide bonds. The van der Waals surface area contributed by atoms with Gasteiger partial charge in [-0.15, -0.1) is 0 Å². The Kier molecular flexibility index (Phi) is 5.55. The van der Waals surface area contributed by atoms with Crippen molar-refractivity contribution in [1.82, 2.24) is 19.9 Å². The van der Waals surface area contributed by atoms with Crippen LogP contribution in [0.4, 0.5) is 12.0 Å². The van der Waals surface area contributed by atoms with E-state index in [2.05, 4.69) is 32.2 Å². The van der Waals surface area contributed by atoms with Gasteiger partial charge in [-0.05, 0) is 12.5 Å². The maximum Gasteiger partial charge on any atom is 0.302 e. The normalized spacial score (nSPS) is 16.1. The third-order valence-corrected chi connectivity index (χ3v) is 4.11. The molecule has 27 heavy (non-hydrogen) atoms. The van der Waals surface area contributed by atoms with Crippen LogP contribution in [0.2, 0.25) is 5.02 Å². The number of oxazole rings is 1. The zero-order valence-corrected chi connectivity index (χ0v) is 15.2. The van der Waals surface area contributed by atoms with E-state index >= 15 is 0 Å². The lowest BCUT2D eigenvalue weighted by Crippen LogP contribution is -2.32. The number of carbonyl (C=O) groups excluding carboxylic acids is 2. The number of hydrogen-bond acceptors (Lipinski definition) is 8. The van der Waals surface area contributed by atoms with Crippen molar-refractivity contribution in [3.63, 3.8) is 0 Å². The summed E-state index contributed by atoms with van der Waals surface area (Å²) < 4.78 is 10.1. The minimum Gasteiger partial charge on any atom is -0.480 e. The molecule has 1 fully saturated rings. The number of carbonyl (C=O) groups is 2. The molecule has 2 aromatic heterocycles. The van der Waals surface area contributed by atoms with Crippen LogP contribution in [-0.4, -0.2) is 57.9 Å². The van der Waals surface area contributed by atoms with E-state index in [-0.39, 0.29) is 29.5 Å². The first-order valence-corrected chi connectivity index (χ1v) is 8.39. The molecule has 0 saturated carbocycles. The van der Waals surface area contributed by atoms with Gasteiger partial charge in [0.25, 0.3) is 11.8 Å². The van der Waals surface area contributed by atoms with Gasteiger partial charge in [0.2, 0.25) is 11.8 Å². The Balaban J connectivity index is 1.59. The second-order valence-corrected chi connectivity index (χ2v) is 6.07. The van der Waals surface area contributed by atoms with Crippen LogP contribution in [0.25, 0.3) is 0 Å². The van der Waals surface area contributed by atoms with Gasteiger partial charge in [-0.2, -0.15) is 9.97 Å². The van der Waals surface area contributed by atoms with Crippen LogP contribution in [0.15, 0.2) is 29.5 Å². The van der Waals surface area contributed by atoms with Crippen LogP contribution in [0.3, 0.4) is 0 Å². The van der Waals surface area contributed by atoms with Gasteiger partial charge in [-0.3, -0.25) is 14.9 Å². The molecule has 2 aromatic rings. The zero-order valence-electron chi connectivity index (χ0n) is 14.4. The van der Waals surface area contributed by atoms with E-state index in [0.717, 1.165) is 6.08 Å². The lowest BCUT2D eigenvalue weighted by atomic mass is 10.3. The molecule has 142 valence electrons. The fourth-order valence-electron chi connectivity index (χ4n) is 2.56. The van der Waals surface area contributed by atoms with E-state index in [9.17, 15) is 9.59 Å². The van der Waals surface area contributed by atoms with Crippen molar-refractivity contribution in [3.8, 4) is 5.88 Å². The van der Waals surface area contributed by atoms with Crippen LogP contribution in [-0.2, 0) is 4.79 Å². The molecule has 3 rings (SSSR count). The Morgan fingerprint density at radius 2 is 2.30 bits per heavy atom. The van der Waals surface area contributed by atoms with Crippen molar-refractivity contribution in [3.05, 3.63) is 35.8 Å². The molecule has 0 unspecified atom stereocenters. The van der Waals surface area contributed by atoms with Crippen molar-refractivity contribution in [2.45, 2.75) is 12.5 Å². The van der Waals surface area contributed by atoms with Crippen LogP contribution < -0.4 is 15.4 Å². The summed E-state index contributed by atoms with van der Waals surface area (Å²) in [4.78, 5) is 37.6. The smallest absolute Gasteiger partial charge is 0.302 e. The molecule has 0 radical (unpaired) electrons. The lowest BCUT2D eigenvalue weighted by Gasteiger charge is -2.16. The average Bonchev–Trinajstić information content (AvgIpc) is 3.32. The largest absolute Gasteiger partial charge is 0.480 e. The maximum atomic E-state index is 12.5. The first-order chi connectivity index (χ1) is 13.0. The summed E-state index contributed by atoms with van der Waals surface area (Å²) in [5.74, 6) is -0.125. The summed E-state index contributed by atoms with van der Waals surface area (Å²) in [6.45, 7) is 4.30. The molecule has 0 aliphatic carbocycles. The standard InChI is InChI=1S/C16H17ClN6O4/c1-3-12(24)21-16-20-11(8-27-16)14(25)23-5-4-9(7-23)19-15-18-6-10(17)13(22-15)26-2/h3,6,8-9H,1,4-5,7H2,2H3,(H,18,19,22)(H,20,21,24)/t9-/m1/s1. The van der Waals surface area contributed by atoms with E-state index in [0.29, 0.717) is 30.5 Å². The first kappa shape index (κ1) is 18.6. The highest BCUT2D eigenvalue weighted by atomic mass is 35.5. The molecule has 1 saturated heterocycles. The molecule has 0 spiro atoms. The monoisotopic (exact) mass is 392 g/mol. The fraction of sp³-hybridized carbons (Fsp3) is 0.312. The summed E-state index contributed by atoms with van der Waals surface area (Å²) in [7, 11) is 1.47. The van der Waals surface area contributed by atoms with Gasteiger partial charge in [0.1, 0.15) is 11.3 Å². The van der Waals surface area contributed by atoms with Crippen LogP contribution in [0.5, 0.6) is 5.88 Å². The second kappa shape index (κ2) is 8.04. The maximum absolute atomic E-state index is 12.5. The van der Waals surface area contributed by atoms with Gasteiger partial charge in [0, 0.05) is 19.1 Å². The van der Waals surface area contributed by atoms with Gasteiger partial charge in [0.05, 0.1) is 13.3 Å². The number of methoxy groups -OCH3 is 1. The van der Waals surface area contributed by atoms with Crippen molar-refractivity contribution < 1.29 is 18.7 Å². The summed E-state index contributed by atoms with van der Waals surface area (Å²) in [5, 5.41) is 5.82. The number of anilines is 2. The fourth-order valence-corrected chi connectivity index (χ4v) is 2.73. The number of amides is 2. The van der Waals surface area contributed by atoms with E-state index in [1.165, 1.54) is 19.6 Å². The summed E-state index contributed by atoms with van der Waals surface area (Å²) in [6.07, 6.45) is 4.44. The second-order valence-electron chi connectivity index (χ2n) is 5.66. The van der Waals surface area contributed by atoms with E-state index in [1.54, 1.807) is 4.90 Å². The van der Waals surface area contributed by atoms with Crippen molar-refractivity contribution >= 4 is 35.4 Å². The quantitative estimate of drug-likeness (QED) is 0.710. The molecule has 1 aliphatic rings. The molecule has 1 aliphatic heterocycles. The van der Waals surface area contributed by atoms with E-state index < -0.39 is 5.91 Å². The number of likely N-dealkylation sites (tertiary alicyclic amines) is 1. The molecule has 0 bridgehead atoms. The van der Waals surface area contributed by atoms with Gasteiger partial charge >= 0.3 is 6.01 Å². The molecule has 10 nitrogen and oxygen atoms in total. The lowest BCUT2D eigenvalue weighted by molar-refractivity contribution is -0.112. The van der Waals surface area contributed by atoms with Crippen molar-refractivity contribution in [1.29, 1.82) is 0 Å². The van der Waals surface area contributed by atoms with Gasteiger partial charge in [-0.1, -0.05) is 18.2 Å². The Morgan fingerprint density at radius 1 is 1.48 bits per heavy atom. The third kappa shape index (κ3) is 4.34. The van der Waals surface area contributed by atoms with Crippen molar-refractivity contribution in [2.75, 3.05) is 30.8 Å². The van der Waals surface area contributed by atoms with Crippen LogP contribution >= 0.6 is 11.6 Å². The summed E-state index contributed by atoms with van der Waals surface area (Å²) in [5.41, 5.74) is 0.111. The van der Waals surface area contributed by atoms with E-state index in [1.807, 2.05) is 0 Å².